The molecule has 7 heteroatoms. The van der Waals surface area contributed by atoms with Gasteiger partial charge in [0.1, 0.15) is 0 Å². The van der Waals surface area contributed by atoms with Crippen LogP contribution in [-0.2, 0) is 0 Å². The summed E-state index contributed by atoms with van der Waals surface area (Å²) in [5.41, 5.74) is 6.78. The van der Waals surface area contributed by atoms with Crippen LogP contribution in [0.2, 0.25) is 0 Å². The molecule has 1 saturated heterocycles. The molecule has 1 aliphatic heterocycles. The zero-order valence-corrected chi connectivity index (χ0v) is 12.2. The predicted octanol–water partition coefficient (Wildman–Crippen LogP) is 2.17. The van der Waals surface area contributed by atoms with Crippen LogP contribution < -0.4 is 10.6 Å². The van der Waals surface area contributed by atoms with Gasteiger partial charge < -0.3 is 15.8 Å². The number of nitrogens with zero attached hydrogens (tertiary/aromatic N) is 3. The Morgan fingerprint density at radius 2 is 2.19 bits per heavy atom. The molecule has 0 aliphatic carbocycles. The Hall–Kier alpha value is -2.31. The molecule has 0 bridgehead atoms. The largest absolute Gasteiger partial charge is 0.409 e. The minimum absolute atomic E-state index is 0.0706. The zero-order valence-electron chi connectivity index (χ0n) is 12.2. The summed E-state index contributed by atoms with van der Waals surface area (Å²) in [5, 5.41) is 22.8. The number of non-ortho nitro benzene ring substituents is 1. The fourth-order valence-corrected chi connectivity index (χ4v) is 2.65. The molecule has 1 heterocycles. The number of piperidine rings is 1. The molecule has 3 N–H and O–H groups in total. The van der Waals surface area contributed by atoms with E-state index >= 15 is 0 Å². The molecule has 0 amide bonds. The van der Waals surface area contributed by atoms with Crippen LogP contribution in [0, 0.1) is 22.0 Å². The maximum Gasteiger partial charge on any atom is 0.270 e. The molecule has 2 unspecified atom stereocenters. The Kier molecular flexibility index (Phi) is 4.30. The van der Waals surface area contributed by atoms with Crippen LogP contribution in [0.15, 0.2) is 23.4 Å². The van der Waals surface area contributed by atoms with Crippen LogP contribution in [0.1, 0.15) is 25.8 Å². The zero-order chi connectivity index (χ0) is 15.6. The van der Waals surface area contributed by atoms with Gasteiger partial charge in [0.15, 0.2) is 5.84 Å². The molecule has 0 saturated carbocycles. The van der Waals surface area contributed by atoms with Gasteiger partial charge in [0.2, 0.25) is 0 Å². The Morgan fingerprint density at radius 1 is 1.48 bits per heavy atom. The maximum absolute atomic E-state index is 10.9. The Morgan fingerprint density at radius 3 is 2.76 bits per heavy atom. The molecule has 1 fully saturated rings. The van der Waals surface area contributed by atoms with Crippen molar-refractivity contribution in [2.45, 2.75) is 20.3 Å². The highest BCUT2D eigenvalue weighted by Gasteiger charge is 2.26. The third-order valence-electron chi connectivity index (χ3n) is 4.25. The van der Waals surface area contributed by atoms with Gasteiger partial charge in [0.05, 0.1) is 10.5 Å². The number of rotatable bonds is 3. The Bertz CT molecular complexity index is 573. The third-order valence-corrected chi connectivity index (χ3v) is 4.25. The van der Waals surface area contributed by atoms with Crippen molar-refractivity contribution in [3.8, 4) is 0 Å². The van der Waals surface area contributed by atoms with Gasteiger partial charge in [-0.05, 0) is 24.3 Å². The average molecular weight is 292 g/mol. The Balaban J connectivity index is 2.41. The average Bonchev–Trinajstić information content (AvgIpc) is 2.48. The van der Waals surface area contributed by atoms with Crippen molar-refractivity contribution >= 4 is 17.2 Å². The van der Waals surface area contributed by atoms with Crippen molar-refractivity contribution in [1.29, 1.82) is 0 Å². The highest BCUT2D eigenvalue weighted by atomic mass is 16.6. The lowest BCUT2D eigenvalue weighted by Gasteiger charge is -2.37. The van der Waals surface area contributed by atoms with Gasteiger partial charge >= 0.3 is 0 Å². The smallest absolute Gasteiger partial charge is 0.270 e. The summed E-state index contributed by atoms with van der Waals surface area (Å²) in [6.45, 7) is 6.12. The summed E-state index contributed by atoms with van der Waals surface area (Å²) in [6.07, 6.45) is 1.05. The SMILES string of the molecule is CC1CCN(c2ccc([N+](=O)[O-])cc2/C(N)=N/O)CC1C. The number of hydrogen-bond donors (Lipinski definition) is 2. The fraction of sp³-hybridized carbons (Fsp3) is 0.500. The van der Waals surface area contributed by atoms with E-state index in [2.05, 4.69) is 23.9 Å². The molecular weight excluding hydrogens is 272 g/mol. The first kappa shape index (κ1) is 15.1. The van der Waals surface area contributed by atoms with Gasteiger partial charge in [-0.3, -0.25) is 10.1 Å². The van der Waals surface area contributed by atoms with Gasteiger partial charge in [0.25, 0.3) is 5.69 Å². The molecule has 0 radical (unpaired) electrons. The summed E-state index contributed by atoms with van der Waals surface area (Å²) < 4.78 is 0. The summed E-state index contributed by atoms with van der Waals surface area (Å²) in [7, 11) is 0. The van der Waals surface area contributed by atoms with Gasteiger partial charge in [0, 0.05) is 30.9 Å². The number of nitro benzene ring substituents is 1. The molecule has 0 aromatic heterocycles. The van der Waals surface area contributed by atoms with Crippen molar-refractivity contribution in [3.05, 3.63) is 33.9 Å². The Labute approximate surface area is 123 Å². The normalized spacial score (nSPS) is 23.1. The molecule has 2 atom stereocenters. The molecule has 1 aromatic rings. The lowest BCUT2D eigenvalue weighted by Crippen LogP contribution is -2.39. The van der Waals surface area contributed by atoms with Crippen LogP contribution in [0.4, 0.5) is 11.4 Å². The molecule has 1 aromatic carbocycles. The van der Waals surface area contributed by atoms with Crippen LogP contribution in [0.3, 0.4) is 0 Å². The standard InChI is InChI=1S/C14H20N4O3/c1-9-5-6-17(8-10(9)2)13-4-3-11(18(20)21)7-12(13)14(15)16-19/h3-4,7,9-10,19H,5-6,8H2,1-2H3,(H2,15,16). The predicted molar refractivity (Wildman–Crippen MR) is 80.8 cm³/mol. The number of nitro groups is 1. The lowest BCUT2D eigenvalue weighted by atomic mass is 9.88. The monoisotopic (exact) mass is 292 g/mol. The molecule has 7 nitrogen and oxygen atoms in total. The van der Waals surface area contributed by atoms with E-state index in [1.54, 1.807) is 6.07 Å². The van der Waals surface area contributed by atoms with Crippen molar-refractivity contribution < 1.29 is 10.1 Å². The molecular formula is C14H20N4O3. The highest BCUT2D eigenvalue weighted by molar-refractivity contribution is 6.02. The number of hydrogen-bond acceptors (Lipinski definition) is 5. The number of amidine groups is 1. The summed E-state index contributed by atoms with van der Waals surface area (Å²) in [6, 6.07) is 4.48. The van der Waals surface area contributed by atoms with Crippen LogP contribution >= 0.6 is 0 Å². The maximum atomic E-state index is 10.9. The molecule has 114 valence electrons. The molecule has 0 spiro atoms. The number of benzene rings is 1. The van der Waals surface area contributed by atoms with Gasteiger partial charge in [-0.25, -0.2) is 0 Å². The second-order valence-corrected chi connectivity index (χ2v) is 5.63. The highest BCUT2D eigenvalue weighted by Crippen LogP contribution is 2.31. The molecule has 21 heavy (non-hydrogen) atoms. The van der Waals surface area contributed by atoms with E-state index in [9.17, 15) is 10.1 Å². The van der Waals surface area contributed by atoms with E-state index in [-0.39, 0.29) is 11.5 Å². The van der Waals surface area contributed by atoms with E-state index in [1.165, 1.54) is 12.1 Å². The van der Waals surface area contributed by atoms with E-state index in [0.717, 1.165) is 25.2 Å². The van der Waals surface area contributed by atoms with Gasteiger partial charge in [-0.1, -0.05) is 19.0 Å². The van der Waals surface area contributed by atoms with Crippen molar-refractivity contribution in [1.82, 2.24) is 0 Å². The van der Waals surface area contributed by atoms with Crippen LogP contribution in [-0.4, -0.2) is 29.1 Å². The van der Waals surface area contributed by atoms with Gasteiger partial charge in [-0.2, -0.15) is 0 Å². The lowest BCUT2D eigenvalue weighted by molar-refractivity contribution is -0.384. The first-order valence-electron chi connectivity index (χ1n) is 6.95. The quantitative estimate of drug-likeness (QED) is 0.292. The van der Waals surface area contributed by atoms with Crippen LogP contribution in [0.25, 0.3) is 0 Å². The number of nitrogens with two attached hydrogens (primary N) is 1. The summed E-state index contributed by atoms with van der Waals surface area (Å²) >= 11 is 0. The first-order valence-corrected chi connectivity index (χ1v) is 6.95. The summed E-state index contributed by atoms with van der Waals surface area (Å²) in [4.78, 5) is 12.5. The minimum Gasteiger partial charge on any atom is -0.409 e. The fourth-order valence-electron chi connectivity index (χ4n) is 2.65. The van der Waals surface area contributed by atoms with E-state index in [4.69, 9.17) is 10.9 Å². The van der Waals surface area contributed by atoms with E-state index < -0.39 is 4.92 Å². The summed E-state index contributed by atoms with van der Waals surface area (Å²) in [5.74, 6) is 1.06. The first-order chi connectivity index (χ1) is 9.93. The van der Waals surface area contributed by atoms with Gasteiger partial charge in [-0.15, -0.1) is 0 Å². The molecule has 2 rings (SSSR count). The second kappa shape index (κ2) is 5.99. The van der Waals surface area contributed by atoms with Crippen LogP contribution in [0.5, 0.6) is 0 Å². The number of anilines is 1. The number of oxime groups is 1. The van der Waals surface area contributed by atoms with Crippen molar-refractivity contribution in [2.24, 2.45) is 22.7 Å². The third kappa shape index (κ3) is 3.07. The molecule has 1 aliphatic rings. The second-order valence-electron chi connectivity index (χ2n) is 5.63. The van der Waals surface area contributed by atoms with Crippen molar-refractivity contribution in [2.75, 3.05) is 18.0 Å². The minimum atomic E-state index is -0.487. The van der Waals surface area contributed by atoms with Crippen molar-refractivity contribution in [3.63, 3.8) is 0 Å². The topological polar surface area (TPSA) is 105 Å². The van der Waals surface area contributed by atoms with E-state index in [0.29, 0.717) is 17.4 Å². The van der Waals surface area contributed by atoms with E-state index in [1.807, 2.05) is 0 Å².